The number of ether oxygens (including phenoxy) is 1. The van der Waals surface area contributed by atoms with Crippen LogP contribution in [0.15, 0.2) is 53.4 Å². The molecule has 0 aromatic heterocycles. The highest BCUT2D eigenvalue weighted by atomic mass is 32.2. The largest absolute Gasteiger partial charge is 0.490 e. The maximum Gasteiger partial charge on any atom is 0.335 e. The summed E-state index contributed by atoms with van der Waals surface area (Å²) in [7, 11) is -3.86. The number of carboxylic acids is 1. The lowest BCUT2D eigenvalue weighted by molar-refractivity contribution is 0.0696. The van der Waals surface area contributed by atoms with Gasteiger partial charge in [-0.25, -0.2) is 13.2 Å². The molecule has 0 aliphatic heterocycles. The number of nitrogens with one attached hydrogen (secondary N) is 1. The third kappa shape index (κ3) is 4.30. The summed E-state index contributed by atoms with van der Waals surface area (Å²) in [5, 5.41) is 8.98. The molecule has 1 aliphatic carbocycles. The molecule has 0 radical (unpaired) electrons. The van der Waals surface area contributed by atoms with Gasteiger partial charge in [0, 0.05) is 5.69 Å². The Labute approximate surface area is 146 Å². The van der Waals surface area contributed by atoms with Crippen molar-refractivity contribution in [2.24, 2.45) is 0 Å². The van der Waals surface area contributed by atoms with E-state index in [9.17, 15) is 13.2 Å². The standard InChI is InChI=1S/C18H19NO5S/c20-18(21)13-4-3-7-17(12-13)25(22,23)19-14-8-10-16(11-9-14)24-15-5-1-2-6-15/h3-4,7-12,15,19H,1-2,5-6H2,(H,20,21). The van der Waals surface area contributed by atoms with Gasteiger partial charge in [-0.15, -0.1) is 0 Å². The van der Waals surface area contributed by atoms with Gasteiger partial charge in [0.2, 0.25) is 0 Å². The quantitative estimate of drug-likeness (QED) is 0.821. The summed E-state index contributed by atoms with van der Waals surface area (Å²) in [4.78, 5) is 10.9. The van der Waals surface area contributed by atoms with Crippen LogP contribution in [0.5, 0.6) is 5.75 Å². The topological polar surface area (TPSA) is 92.7 Å². The van der Waals surface area contributed by atoms with Crippen molar-refractivity contribution in [2.45, 2.75) is 36.7 Å². The molecule has 0 amide bonds. The molecule has 6 nitrogen and oxygen atoms in total. The molecule has 2 N–H and O–H groups in total. The minimum atomic E-state index is -3.86. The summed E-state index contributed by atoms with van der Waals surface area (Å²) in [6.07, 6.45) is 4.69. The van der Waals surface area contributed by atoms with Gasteiger partial charge in [-0.2, -0.15) is 0 Å². The minimum absolute atomic E-state index is 0.0804. The smallest absolute Gasteiger partial charge is 0.335 e. The van der Waals surface area contributed by atoms with Crippen molar-refractivity contribution in [3.63, 3.8) is 0 Å². The van der Waals surface area contributed by atoms with Gasteiger partial charge in [0.25, 0.3) is 10.0 Å². The SMILES string of the molecule is O=C(O)c1cccc(S(=O)(=O)Nc2ccc(OC3CCCC3)cc2)c1. The van der Waals surface area contributed by atoms with Crippen LogP contribution in [-0.2, 0) is 10.0 Å². The van der Waals surface area contributed by atoms with E-state index >= 15 is 0 Å². The van der Waals surface area contributed by atoms with Gasteiger partial charge in [-0.3, -0.25) is 4.72 Å². The zero-order chi connectivity index (χ0) is 17.9. The number of carboxylic acid groups (broad SMARTS) is 1. The number of carbonyl (C=O) groups is 1. The van der Waals surface area contributed by atoms with Crippen molar-refractivity contribution in [2.75, 3.05) is 4.72 Å². The average Bonchev–Trinajstić information content (AvgIpc) is 3.09. The van der Waals surface area contributed by atoms with Gasteiger partial charge < -0.3 is 9.84 Å². The first-order valence-corrected chi connectivity index (χ1v) is 9.55. The number of benzene rings is 2. The Bertz CT molecular complexity index is 855. The van der Waals surface area contributed by atoms with Crippen LogP contribution < -0.4 is 9.46 Å². The molecule has 1 fully saturated rings. The maximum absolute atomic E-state index is 12.4. The van der Waals surface area contributed by atoms with E-state index in [-0.39, 0.29) is 16.6 Å². The zero-order valence-corrected chi connectivity index (χ0v) is 14.3. The van der Waals surface area contributed by atoms with Gasteiger partial charge in [-0.1, -0.05) is 6.07 Å². The summed E-state index contributed by atoms with van der Waals surface area (Å²) in [6.45, 7) is 0. The molecule has 1 saturated carbocycles. The lowest BCUT2D eigenvalue weighted by atomic mass is 10.2. The number of aromatic carboxylic acids is 1. The van der Waals surface area contributed by atoms with E-state index < -0.39 is 16.0 Å². The van der Waals surface area contributed by atoms with Crippen LogP contribution in [0.3, 0.4) is 0 Å². The second-order valence-corrected chi connectivity index (χ2v) is 7.67. The predicted molar refractivity (Wildman–Crippen MR) is 93.5 cm³/mol. The molecule has 3 rings (SSSR count). The summed E-state index contributed by atoms with van der Waals surface area (Å²) < 4.78 is 33.1. The molecule has 0 unspecified atom stereocenters. The second-order valence-electron chi connectivity index (χ2n) is 5.99. The summed E-state index contributed by atoms with van der Waals surface area (Å²) in [5.74, 6) is -0.465. The van der Waals surface area contributed by atoms with Gasteiger partial charge >= 0.3 is 5.97 Å². The highest BCUT2D eigenvalue weighted by molar-refractivity contribution is 7.92. The second kappa shape index (κ2) is 7.14. The van der Waals surface area contributed by atoms with Crippen LogP contribution in [0.1, 0.15) is 36.0 Å². The lowest BCUT2D eigenvalue weighted by Gasteiger charge is -2.14. The fourth-order valence-electron chi connectivity index (χ4n) is 2.81. The number of hydrogen-bond donors (Lipinski definition) is 2. The number of hydrogen-bond acceptors (Lipinski definition) is 4. The molecule has 0 saturated heterocycles. The number of anilines is 1. The molecule has 0 spiro atoms. The monoisotopic (exact) mass is 361 g/mol. The molecular formula is C18H19NO5S. The predicted octanol–water partition coefficient (Wildman–Crippen LogP) is 3.51. The normalized spacial score (nSPS) is 15.0. The Morgan fingerprint density at radius 3 is 2.40 bits per heavy atom. The van der Waals surface area contributed by atoms with Crippen molar-refractivity contribution in [3.05, 3.63) is 54.1 Å². The molecule has 7 heteroatoms. The Hall–Kier alpha value is -2.54. The summed E-state index contributed by atoms with van der Waals surface area (Å²) >= 11 is 0. The van der Waals surface area contributed by atoms with Gasteiger partial charge in [-0.05, 0) is 68.1 Å². The van der Waals surface area contributed by atoms with Crippen molar-refractivity contribution >= 4 is 21.7 Å². The maximum atomic E-state index is 12.4. The van der Waals surface area contributed by atoms with E-state index in [0.717, 1.165) is 18.9 Å². The Morgan fingerprint density at radius 2 is 1.76 bits per heavy atom. The molecule has 0 bridgehead atoms. The van der Waals surface area contributed by atoms with Crippen molar-refractivity contribution in [3.8, 4) is 5.75 Å². The minimum Gasteiger partial charge on any atom is -0.490 e. The molecule has 1 aliphatic rings. The van der Waals surface area contributed by atoms with E-state index in [1.54, 1.807) is 24.3 Å². The highest BCUT2D eigenvalue weighted by Gasteiger charge is 2.18. The van der Waals surface area contributed by atoms with Crippen LogP contribution in [-0.4, -0.2) is 25.6 Å². The van der Waals surface area contributed by atoms with E-state index in [2.05, 4.69) is 4.72 Å². The Kier molecular flexibility index (Phi) is 4.94. The fraction of sp³-hybridized carbons (Fsp3) is 0.278. The number of rotatable bonds is 6. The number of sulfonamides is 1. The van der Waals surface area contributed by atoms with Crippen LogP contribution >= 0.6 is 0 Å². The van der Waals surface area contributed by atoms with Crippen molar-refractivity contribution < 1.29 is 23.1 Å². The first-order chi connectivity index (χ1) is 11.9. The fourth-order valence-corrected chi connectivity index (χ4v) is 3.91. The third-order valence-corrected chi connectivity index (χ3v) is 5.48. The van der Waals surface area contributed by atoms with Gasteiger partial charge in [0.1, 0.15) is 5.75 Å². The highest BCUT2D eigenvalue weighted by Crippen LogP contribution is 2.25. The van der Waals surface area contributed by atoms with E-state index in [1.807, 2.05) is 0 Å². The Morgan fingerprint density at radius 1 is 1.08 bits per heavy atom. The molecule has 25 heavy (non-hydrogen) atoms. The first-order valence-electron chi connectivity index (χ1n) is 8.07. The van der Waals surface area contributed by atoms with E-state index in [0.29, 0.717) is 11.4 Å². The van der Waals surface area contributed by atoms with Crippen molar-refractivity contribution in [1.29, 1.82) is 0 Å². The summed E-state index contributed by atoms with van der Waals surface area (Å²) in [6, 6.07) is 11.9. The molecule has 0 heterocycles. The third-order valence-electron chi connectivity index (χ3n) is 4.10. The van der Waals surface area contributed by atoms with E-state index in [4.69, 9.17) is 9.84 Å². The molecule has 0 atom stereocenters. The van der Waals surface area contributed by atoms with Gasteiger partial charge in [0.05, 0.1) is 16.6 Å². The molecule has 132 valence electrons. The zero-order valence-electron chi connectivity index (χ0n) is 13.5. The van der Waals surface area contributed by atoms with Crippen LogP contribution in [0.4, 0.5) is 5.69 Å². The average molecular weight is 361 g/mol. The lowest BCUT2D eigenvalue weighted by Crippen LogP contribution is -2.14. The molecule has 2 aromatic carbocycles. The Balaban J connectivity index is 1.72. The van der Waals surface area contributed by atoms with Crippen LogP contribution in [0, 0.1) is 0 Å². The first kappa shape index (κ1) is 17.3. The molecular weight excluding hydrogens is 342 g/mol. The van der Waals surface area contributed by atoms with Crippen LogP contribution in [0.25, 0.3) is 0 Å². The van der Waals surface area contributed by atoms with Crippen molar-refractivity contribution in [1.82, 2.24) is 0 Å². The summed E-state index contributed by atoms with van der Waals surface area (Å²) in [5.41, 5.74) is 0.308. The molecule has 2 aromatic rings. The van der Waals surface area contributed by atoms with Gasteiger partial charge in [0.15, 0.2) is 0 Å². The van der Waals surface area contributed by atoms with E-state index in [1.165, 1.54) is 31.0 Å². The van der Waals surface area contributed by atoms with Crippen LogP contribution in [0.2, 0.25) is 0 Å².